The largest absolute Gasteiger partial charge is 0.495 e. The highest BCUT2D eigenvalue weighted by Crippen LogP contribution is 2.32. The number of rotatable bonds is 7. The van der Waals surface area contributed by atoms with E-state index in [-0.39, 0.29) is 0 Å². The molecule has 0 saturated heterocycles. The van der Waals surface area contributed by atoms with Gasteiger partial charge in [0, 0.05) is 6.54 Å². The van der Waals surface area contributed by atoms with Crippen molar-refractivity contribution in [1.82, 2.24) is 5.32 Å². The number of hydrogen-bond donors (Lipinski definition) is 1. The molecule has 0 aromatic heterocycles. The van der Waals surface area contributed by atoms with Gasteiger partial charge in [0.05, 0.1) is 19.1 Å². The highest BCUT2D eigenvalue weighted by molar-refractivity contribution is 7.92. The number of nitrogens with zero attached hydrogens (tertiary/aromatic N) is 1. The Bertz CT molecular complexity index is 1170. The monoisotopic (exact) mass is 426 g/mol. The third-order valence-corrected chi connectivity index (χ3v) is 6.17. The van der Waals surface area contributed by atoms with Gasteiger partial charge in [-0.3, -0.25) is 9.10 Å². The van der Waals surface area contributed by atoms with Crippen molar-refractivity contribution in [2.24, 2.45) is 0 Å². The van der Waals surface area contributed by atoms with Crippen LogP contribution in [0.25, 0.3) is 10.8 Å². The van der Waals surface area contributed by atoms with Crippen molar-refractivity contribution in [3.63, 3.8) is 0 Å². The van der Waals surface area contributed by atoms with Gasteiger partial charge >= 0.3 is 0 Å². The Labute approximate surface area is 177 Å². The van der Waals surface area contributed by atoms with Crippen LogP contribution in [0, 0.1) is 6.92 Å². The van der Waals surface area contributed by atoms with Crippen molar-refractivity contribution in [1.29, 1.82) is 0 Å². The second-order valence-corrected chi connectivity index (χ2v) is 9.17. The number of fused-ring (bicyclic) bond motifs is 1. The quantitative estimate of drug-likeness (QED) is 0.626. The molecule has 0 aliphatic heterocycles. The van der Waals surface area contributed by atoms with Crippen LogP contribution < -0.4 is 14.4 Å². The molecule has 0 aliphatic carbocycles. The lowest BCUT2D eigenvalue weighted by atomic mass is 10.1. The summed E-state index contributed by atoms with van der Waals surface area (Å²) in [6, 6.07) is 18.2. The number of aryl methyl sites for hydroxylation is 1. The zero-order valence-electron chi connectivity index (χ0n) is 17.5. The summed E-state index contributed by atoms with van der Waals surface area (Å²) >= 11 is 0. The molecule has 0 saturated carbocycles. The molecular formula is C23H26N2O4S. The minimum absolute atomic E-state index is 0.302. The van der Waals surface area contributed by atoms with Crippen LogP contribution in [-0.4, -0.2) is 33.7 Å². The lowest BCUT2D eigenvalue weighted by Crippen LogP contribution is -2.47. The highest BCUT2D eigenvalue weighted by atomic mass is 32.2. The number of amides is 1. The van der Waals surface area contributed by atoms with Gasteiger partial charge in [0.25, 0.3) is 0 Å². The molecule has 6 nitrogen and oxygen atoms in total. The fraction of sp³-hybridized carbons (Fsp3) is 0.261. The van der Waals surface area contributed by atoms with Gasteiger partial charge in [0.1, 0.15) is 11.8 Å². The smallest absolute Gasteiger partial charge is 0.243 e. The summed E-state index contributed by atoms with van der Waals surface area (Å²) in [7, 11) is -2.26. The van der Waals surface area contributed by atoms with Gasteiger partial charge in [-0.05, 0) is 53.9 Å². The summed E-state index contributed by atoms with van der Waals surface area (Å²) in [5.74, 6) is -0.00246. The molecule has 3 aromatic carbocycles. The molecule has 3 rings (SSSR count). The van der Waals surface area contributed by atoms with Crippen LogP contribution >= 0.6 is 0 Å². The second-order valence-electron chi connectivity index (χ2n) is 7.31. The van der Waals surface area contributed by atoms with Gasteiger partial charge in [-0.2, -0.15) is 0 Å². The molecule has 7 heteroatoms. The first kappa shape index (κ1) is 21.6. The fourth-order valence-corrected chi connectivity index (χ4v) is 4.61. The second kappa shape index (κ2) is 8.75. The highest BCUT2D eigenvalue weighted by Gasteiger charge is 2.31. The Morgan fingerprint density at radius 2 is 1.77 bits per heavy atom. The molecule has 0 radical (unpaired) electrons. The molecule has 158 valence electrons. The van der Waals surface area contributed by atoms with Gasteiger partial charge in [-0.1, -0.05) is 42.5 Å². The number of sulfonamides is 1. The van der Waals surface area contributed by atoms with E-state index in [9.17, 15) is 13.2 Å². The molecule has 0 bridgehead atoms. The first-order valence-electron chi connectivity index (χ1n) is 9.60. The molecule has 0 aliphatic rings. The van der Waals surface area contributed by atoms with Crippen LogP contribution in [0.3, 0.4) is 0 Å². The molecule has 1 atom stereocenters. The van der Waals surface area contributed by atoms with E-state index in [4.69, 9.17) is 4.74 Å². The number of methoxy groups -OCH3 is 1. The summed E-state index contributed by atoms with van der Waals surface area (Å²) in [5, 5.41) is 5.06. The van der Waals surface area contributed by atoms with Gasteiger partial charge in [-0.25, -0.2) is 8.42 Å². The zero-order valence-corrected chi connectivity index (χ0v) is 18.4. The SMILES string of the molecule is COc1ccc(C)cc1N([C@H](C)C(=O)NCc1ccc2ccccc2c1)S(C)(=O)=O. The lowest BCUT2D eigenvalue weighted by Gasteiger charge is -2.29. The lowest BCUT2D eigenvalue weighted by molar-refractivity contribution is -0.122. The van der Waals surface area contributed by atoms with E-state index in [0.29, 0.717) is 18.0 Å². The molecule has 30 heavy (non-hydrogen) atoms. The van der Waals surface area contributed by atoms with Crippen molar-refractivity contribution in [2.45, 2.75) is 26.4 Å². The zero-order chi connectivity index (χ0) is 21.9. The number of carbonyl (C=O) groups is 1. The topological polar surface area (TPSA) is 75.7 Å². The van der Waals surface area contributed by atoms with Crippen LogP contribution in [0.1, 0.15) is 18.1 Å². The third kappa shape index (κ3) is 4.74. The summed E-state index contributed by atoms with van der Waals surface area (Å²) in [6.45, 7) is 3.73. The van der Waals surface area contributed by atoms with E-state index >= 15 is 0 Å². The molecule has 0 fully saturated rings. The van der Waals surface area contributed by atoms with Gasteiger partial charge in [0.15, 0.2) is 0 Å². The maximum absolute atomic E-state index is 12.9. The van der Waals surface area contributed by atoms with Crippen molar-refractivity contribution in [3.05, 3.63) is 71.8 Å². The van der Waals surface area contributed by atoms with Crippen molar-refractivity contribution in [3.8, 4) is 5.75 Å². The van der Waals surface area contributed by atoms with Crippen LogP contribution in [0.2, 0.25) is 0 Å². The van der Waals surface area contributed by atoms with Crippen molar-refractivity contribution < 1.29 is 17.9 Å². The average Bonchev–Trinajstić information content (AvgIpc) is 2.71. The predicted octanol–water partition coefficient (Wildman–Crippen LogP) is 3.63. The maximum Gasteiger partial charge on any atom is 0.243 e. The Morgan fingerprint density at radius 3 is 2.43 bits per heavy atom. The minimum atomic E-state index is -3.73. The van der Waals surface area contributed by atoms with E-state index in [1.165, 1.54) is 7.11 Å². The van der Waals surface area contributed by atoms with E-state index < -0.39 is 22.0 Å². The summed E-state index contributed by atoms with van der Waals surface area (Å²) in [4.78, 5) is 12.9. The summed E-state index contributed by atoms with van der Waals surface area (Å²) in [5.41, 5.74) is 2.14. The standard InChI is InChI=1S/C23H26N2O4S/c1-16-9-12-22(29-3)21(13-16)25(30(4,27)28)17(2)23(26)24-15-18-10-11-19-7-5-6-8-20(19)14-18/h5-14,17H,15H2,1-4H3,(H,24,26)/t17-/m1/s1. The number of hydrogen-bond acceptors (Lipinski definition) is 4. The summed E-state index contributed by atoms with van der Waals surface area (Å²) < 4.78 is 31.6. The molecule has 0 spiro atoms. The van der Waals surface area contributed by atoms with E-state index in [2.05, 4.69) is 5.32 Å². The van der Waals surface area contributed by atoms with Crippen LogP contribution in [0.5, 0.6) is 5.75 Å². The third-order valence-electron chi connectivity index (χ3n) is 4.94. The van der Waals surface area contributed by atoms with Crippen molar-refractivity contribution >= 4 is 32.4 Å². The molecule has 1 N–H and O–H groups in total. The number of nitrogens with one attached hydrogen (secondary N) is 1. The number of benzene rings is 3. The molecule has 0 unspecified atom stereocenters. The Morgan fingerprint density at radius 1 is 1.07 bits per heavy atom. The van der Waals surface area contributed by atoms with E-state index in [1.807, 2.05) is 55.5 Å². The van der Waals surface area contributed by atoms with Crippen LogP contribution in [0.15, 0.2) is 60.7 Å². The minimum Gasteiger partial charge on any atom is -0.495 e. The van der Waals surface area contributed by atoms with Crippen LogP contribution in [0.4, 0.5) is 5.69 Å². The molecule has 0 heterocycles. The van der Waals surface area contributed by atoms with Crippen molar-refractivity contribution in [2.75, 3.05) is 17.7 Å². The Balaban J connectivity index is 1.83. The Hall–Kier alpha value is -3.06. The molecule has 1 amide bonds. The van der Waals surface area contributed by atoms with Crippen LogP contribution in [-0.2, 0) is 21.4 Å². The first-order chi connectivity index (χ1) is 14.2. The van der Waals surface area contributed by atoms with Gasteiger partial charge < -0.3 is 10.1 Å². The number of carbonyl (C=O) groups excluding carboxylic acids is 1. The molecular weight excluding hydrogens is 400 g/mol. The van der Waals surface area contributed by atoms with E-state index in [0.717, 1.165) is 32.5 Å². The maximum atomic E-state index is 12.9. The average molecular weight is 427 g/mol. The van der Waals surface area contributed by atoms with E-state index in [1.54, 1.807) is 19.1 Å². The van der Waals surface area contributed by atoms with Gasteiger partial charge in [-0.15, -0.1) is 0 Å². The number of anilines is 1. The normalized spacial score (nSPS) is 12.4. The first-order valence-corrected chi connectivity index (χ1v) is 11.4. The molecule has 3 aromatic rings. The number of ether oxygens (including phenoxy) is 1. The van der Waals surface area contributed by atoms with Gasteiger partial charge in [0.2, 0.25) is 15.9 Å². The fourth-order valence-electron chi connectivity index (χ4n) is 3.44. The predicted molar refractivity (Wildman–Crippen MR) is 120 cm³/mol. The summed E-state index contributed by atoms with van der Waals surface area (Å²) in [6.07, 6.45) is 1.09. The Kier molecular flexibility index (Phi) is 6.31.